The van der Waals surface area contributed by atoms with Crippen LogP contribution in [-0.4, -0.2) is 156 Å². The first-order valence-electron chi connectivity index (χ1n) is 43.1. The van der Waals surface area contributed by atoms with Crippen LogP contribution in [0.3, 0.4) is 0 Å². The van der Waals surface area contributed by atoms with Crippen LogP contribution in [0.25, 0.3) is 43.6 Å². The van der Waals surface area contributed by atoms with E-state index in [4.69, 9.17) is 20.3 Å². The predicted octanol–water partition coefficient (Wildman–Crippen LogP) is 19.3. The molecule has 0 saturated heterocycles. The second-order valence-corrected chi connectivity index (χ2v) is 31.8. The molecule has 124 heavy (non-hydrogen) atoms. The third-order valence-electron chi connectivity index (χ3n) is 23.0. The van der Waals surface area contributed by atoms with Crippen LogP contribution in [0.4, 0.5) is 27.2 Å². The zero-order chi connectivity index (χ0) is 87.9. The lowest BCUT2D eigenvalue weighted by atomic mass is 9.89. The summed E-state index contributed by atoms with van der Waals surface area (Å²) in [5.74, 6) is -2.47. The molecule has 0 spiro atoms. The minimum absolute atomic E-state index is 0.00202. The van der Waals surface area contributed by atoms with E-state index in [2.05, 4.69) is 72.4 Å². The summed E-state index contributed by atoms with van der Waals surface area (Å²) >= 11 is 0. The Morgan fingerprint density at radius 3 is 1.10 bits per heavy atom. The number of amides is 5. The lowest BCUT2D eigenvalue weighted by Gasteiger charge is -2.37. The molecule has 0 unspecified atom stereocenters. The highest BCUT2D eigenvalue weighted by molar-refractivity contribution is 6.00. The van der Waals surface area contributed by atoms with Crippen molar-refractivity contribution in [2.75, 3.05) is 26.2 Å². The van der Waals surface area contributed by atoms with Crippen LogP contribution < -0.4 is 27.0 Å². The van der Waals surface area contributed by atoms with Crippen molar-refractivity contribution in [2.24, 2.45) is 5.73 Å². The summed E-state index contributed by atoms with van der Waals surface area (Å²) in [4.78, 5) is 102. The molecular formula is C98H114F4N12O10. The summed E-state index contributed by atoms with van der Waals surface area (Å²) in [6.07, 6.45) is 16.0. The Morgan fingerprint density at radius 1 is 0.403 bits per heavy atom. The van der Waals surface area contributed by atoms with Crippen molar-refractivity contribution in [1.29, 1.82) is 0 Å². The van der Waals surface area contributed by atoms with Crippen molar-refractivity contribution >= 4 is 85.8 Å². The van der Waals surface area contributed by atoms with Crippen LogP contribution in [0.5, 0.6) is 0 Å². The number of nitrogens with two attached hydrogens (primary N) is 1. The van der Waals surface area contributed by atoms with Crippen molar-refractivity contribution < 1.29 is 65.7 Å². The Morgan fingerprint density at radius 2 is 0.734 bits per heavy atom. The van der Waals surface area contributed by atoms with Crippen LogP contribution in [0.15, 0.2) is 218 Å². The Kier molecular flexibility index (Phi) is 34.8. The number of aromatic nitrogens is 4. The van der Waals surface area contributed by atoms with Gasteiger partial charge < -0.3 is 76.2 Å². The fraction of sp³-hybridized carbons (Fsp3) is 0.357. The van der Waals surface area contributed by atoms with Gasteiger partial charge >= 0.3 is 18.2 Å². The van der Waals surface area contributed by atoms with E-state index >= 15 is 0 Å². The van der Waals surface area contributed by atoms with Gasteiger partial charge in [-0.2, -0.15) is 0 Å². The number of carbonyl (C=O) groups excluding carboxylic acids is 6. The molecular weight excluding hydrogens is 1580 g/mol. The van der Waals surface area contributed by atoms with E-state index in [9.17, 15) is 51.1 Å². The SMILES string of the molecule is CCN(C(=O)c1cc2cc(F)ccc2[nH]1)[C@H]1CCC[C@@H](N)C1.CCN(C(=O)c1cc2cc(F)ccc2[nH]1)[C@H]1CCC[C@@H](NC(=O)OCc2ccccc2)C1.CCN(C(=O)c1cc2cc(F)ccc2[nH]1)[C@H]1CCC[C@@H](NCc2ccccc2)C1.CCN[C@H]1CCC[C@@H](NC(=O)OCc2ccccc2)C1.O=C(O)c1cc2cc(F)ccc2[nH]1.O=Cc1ccccc1. The molecule has 4 saturated carbocycles. The molecule has 8 atom stereocenters. The molecule has 16 rings (SSSR count). The Hall–Kier alpha value is -12.4. The predicted molar refractivity (Wildman–Crippen MR) is 477 cm³/mol. The number of aldehydes is 1. The molecule has 8 aromatic carbocycles. The number of hydrogen-bond acceptors (Lipinski definition) is 12. The number of hydrogen-bond donors (Lipinski definition) is 10. The molecule has 0 radical (unpaired) electrons. The summed E-state index contributed by atoms with van der Waals surface area (Å²) in [6.45, 7) is 12.3. The van der Waals surface area contributed by atoms with E-state index in [1.165, 1.54) is 72.6 Å². The lowest BCUT2D eigenvalue weighted by molar-refractivity contribution is 0.0612. The monoisotopic (exact) mass is 1690 g/mol. The average molecular weight is 1700 g/mol. The Labute approximate surface area is 720 Å². The van der Waals surface area contributed by atoms with Crippen molar-refractivity contribution in [2.45, 2.75) is 199 Å². The zero-order valence-electron chi connectivity index (χ0n) is 70.8. The fourth-order valence-electron chi connectivity index (χ4n) is 16.8. The summed E-state index contributed by atoms with van der Waals surface area (Å²) in [7, 11) is 0. The zero-order valence-corrected chi connectivity index (χ0v) is 70.8. The highest BCUT2D eigenvalue weighted by Crippen LogP contribution is 2.31. The minimum atomic E-state index is -1.04. The second-order valence-electron chi connectivity index (χ2n) is 31.8. The number of carboxylic acid groups (broad SMARTS) is 1. The fourth-order valence-corrected chi connectivity index (χ4v) is 16.8. The summed E-state index contributed by atoms with van der Waals surface area (Å²) in [5, 5.41) is 24.4. The molecule has 4 aromatic heterocycles. The maximum Gasteiger partial charge on any atom is 0.407 e. The molecule has 0 bridgehead atoms. The van der Waals surface area contributed by atoms with Gasteiger partial charge in [-0.3, -0.25) is 19.2 Å². The van der Waals surface area contributed by atoms with E-state index in [0.717, 1.165) is 153 Å². The van der Waals surface area contributed by atoms with Crippen molar-refractivity contribution in [3.8, 4) is 0 Å². The number of fused-ring (bicyclic) bond motifs is 4. The first-order valence-corrected chi connectivity index (χ1v) is 43.1. The van der Waals surface area contributed by atoms with Crippen molar-refractivity contribution in [3.63, 3.8) is 0 Å². The average Bonchev–Trinajstić information content (AvgIpc) is 1.67. The number of H-pyrrole nitrogens is 4. The molecule has 4 aliphatic carbocycles. The molecule has 4 heterocycles. The topological polar surface area (TPSA) is 305 Å². The summed E-state index contributed by atoms with van der Waals surface area (Å²) < 4.78 is 63.6. The number of carbonyl (C=O) groups is 7. The number of nitrogens with zero attached hydrogens (tertiary/aromatic N) is 3. The van der Waals surface area contributed by atoms with Gasteiger partial charge in [0.05, 0.1) is 0 Å². The molecule has 22 nitrogen and oxygen atoms in total. The van der Waals surface area contributed by atoms with Gasteiger partial charge in [0, 0.05) is 124 Å². The van der Waals surface area contributed by atoms with Gasteiger partial charge in [-0.15, -0.1) is 0 Å². The highest BCUT2D eigenvalue weighted by Gasteiger charge is 2.34. The number of alkyl carbamates (subject to hydrolysis) is 2. The standard InChI is InChI=1S/C25H28FN3O3.C24H28FN3O.C17H22FN3O.C16H24N2O2.C9H6FNO2.C7H6O/c1-2-29(24(30)23-14-18-13-19(26)11-12-22(18)28-23)21-10-6-9-20(15-21)27-25(31)32-16-17-7-4-3-5-8-17;1-2-28(24(29)23-14-18-13-19(25)11-12-22(18)27-23)21-10-6-9-20(15-21)26-16-17-7-4-3-5-8-17;1-2-21(14-5-3-4-13(19)10-14)17(22)16-9-11-8-12(18)6-7-15(11)20-16;1-2-17-14-9-6-10-15(11-14)18-16(19)20-12-13-7-4-3-5-8-13;10-6-1-2-7-5(3-6)4-8(11-7)9(12)13;8-6-7-4-2-1-3-5-7/h3-5,7-8,11-14,20-21,28H,2,6,9-10,15-16H2,1H3,(H,27,31);3-5,7-8,11-14,20-21,26-27H,2,6,9-10,15-16H2,1H3;6-9,13-14,20H,2-5,10,19H2,1H3;3-5,7-8,14-15,17H,2,6,9-12H2,1H3,(H,18,19);1-4,11H,(H,12,13);1-6H/t2*20-,21+;13-,14+;14-,15+;;/m1110../s1. The van der Waals surface area contributed by atoms with Crippen LogP contribution in [0.1, 0.15) is 199 Å². The van der Waals surface area contributed by atoms with Crippen molar-refractivity contribution in [1.82, 2.24) is 55.9 Å². The molecule has 5 amide bonds. The van der Waals surface area contributed by atoms with Crippen LogP contribution >= 0.6 is 0 Å². The molecule has 12 aromatic rings. The van der Waals surface area contributed by atoms with E-state index < -0.39 is 12.1 Å². The maximum atomic E-state index is 13.5. The molecule has 0 aliphatic heterocycles. The first kappa shape index (κ1) is 92.3. The Balaban J connectivity index is 0.000000151. The number of aromatic carboxylic acids is 1. The number of nitrogens with one attached hydrogen (secondary N) is 8. The van der Waals surface area contributed by atoms with Gasteiger partial charge in [0.15, 0.2) is 0 Å². The minimum Gasteiger partial charge on any atom is -0.477 e. The van der Waals surface area contributed by atoms with E-state index in [1.54, 1.807) is 48.5 Å². The van der Waals surface area contributed by atoms with Gasteiger partial charge in [0.2, 0.25) is 0 Å². The van der Waals surface area contributed by atoms with E-state index in [-0.39, 0.29) is 95.6 Å². The smallest absolute Gasteiger partial charge is 0.407 e. The normalized spacial score (nSPS) is 18.4. The number of halogens is 4. The number of carboxylic acids is 1. The molecule has 26 heteroatoms. The maximum absolute atomic E-state index is 13.5. The Bertz CT molecular complexity index is 5420. The third kappa shape index (κ3) is 27.3. The van der Waals surface area contributed by atoms with Crippen LogP contribution in [0.2, 0.25) is 0 Å². The third-order valence-corrected chi connectivity index (χ3v) is 23.0. The molecule has 4 aliphatic rings. The number of aromatic amines is 4. The van der Waals surface area contributed by atoms with Gasteiger partial charge in [-0.1, -0.05) is 128 Å². The van der Waals surface area contributed by atoms with Gasteiger partial charge in [0.1, 0.15) is 65.5 Å². The largest absolute Gasteiger partial charge is 0.477 e. The number of benzene rings is 8. The van der Waals surface area contributed by atoms with Crippen LogP contribution in [-0.2, 0) is 29.2 Å². The summed E-state index contributed by atoms with van der Waals surface area (Å²) in [6, 6.07) is 64.7. The molecule has 11 N–H and O–H groups in total. The molecule has 654 valence electrons. The first-order chi connectivity index (χ1) is 60.1. The van der Waals surface area contributed by atoms with Gasteiger partial charge in [0.25, 0.3) is 17.7 Å². The quantitative estimate of drug-likeness (QED) is 0.0223. The van der Waals surface area contributed by atoms with E-state index in [1.807, 2.05) is 120 Å². The van der Waals surface area contributed by atoms with E-state index in [0.29, 0.717) is 78.1 Å². The lowest BCUT2D eigenvalue weighted by Crippen LogP contribution is -2.48. The van der Waals surface area contributed by atoms with Crippen molar-refractivity contribution in [3.05, 3.63) is 287 Å². The van der Waals surface area contributed by atoms with Crippen LogP contribution in [0, 0.1) is 23.3 Å². The molecule has 4 fully saturated rings. The number of rotatable bonds is 22. The second kappa shape index (κ2) is 46.7. The number of ether oxygens (including phenoxy) is 2. The van der Waals surface area contributed by atoms with Gasteiger partial charge in [-0.05, 0) is 244 Å². The van der Waals surface area contributed by atoms with Gasteiger partial charge in [-0.25, -0.2) is 31.9 Å². The summed E-state index contributed by atoms with van der Waals surface area (Å²) in [5.41, 5.74) is 14.5. The highest BCUT2D eigenvalue weighted by atomic mass is 19.1.